The maximum absolute atomic E-state index is 9.02. The summed E-state index contributed by atoms with van der Waals surface area (Å²) in [4.78, 5) is 0. The molecule has 3 heteroatoms. The van der Waals surface area contributed by atoms with Gasteiger partial charge in [-0.15, -0.1) is 0 Å². The van der Waals surface area contributed by atoms with Crippen LogP contribution >= 0.6 is 0 Å². The Morgan fingerprint density at radius 2 is 2.06 bits per heavy atom. The third kappa shape index (κ3) is 3.67. The lowest BCUT2D eigenvalue weighted by molar-refractivity contribution is 0.274. The summed E-state index contributed by atoms with van der Waals surface area (Å²) in [6.45, 7) is 9.70. The number of nitrogens with two attached hydrogens (primary N) is 1. The summed E-state index contributed by atoms with van der Waals surface area (Å²) in [7, 11) is 0. The highest BCUT2D eigenvalue weighted by atomic mass is 14.9. The van der Waals surface area contributed by atoms with Crippen molar-refractivity contribution in [2.75, 3.05) is 17.6 Å². The Labute approximate surface area is 104 Å². The maximum atomic E-state index is 9.02. The summed E-state index contributed by atoms with van der Waals surface area (Å²) < 4.78 is 0. The van der Waals surface area contributed by atoms with Gasteiger partial charge in [-0.3, -0.25) is 0 Å². The van der Waals surface area contributed by atoms with Crippen LogP contribution in [0.2, 0.25) is 0 Å². The largest absolute Gasteiger partial charge is 0.399 e. The molecule has 1 aromatic carbocycles. The van der Waals surface area contributed by atoms with Crippen molar-refractivity contribution >= 4 is 11.4 Å². The van der Waals surface area contributed by atoms with Crippen molar-refractivity contribution in [2.24, 2.45) is 11.3 Å². The van der Waals surface area contributed by atoms with E-state index in [-0.39, 0.29) is 5.41 Å². The Bertz CT molecular complexity index is 424. The van der Waals surface area contributed by atoms with Gasteiger partial charge in [-0.1, -0.05) is 27.7 Å². The van der Waals surface area contributed by atoms with Gasteiger partial charge in [0, 0.05) is 12.2 Å². The van der Waals surface area contributed by atoms with E-state index in [1.807, 2.05) is 12.1 Å². The van der Waals surface area contributed by atoms with Crippen molar-refractivity contribution in [1.82, 2.24) is 0 Å². The van der Waals surface area contributed by atoms with Gasteiger partial charge in [0.2, 0.25) is 0 Å². The number of rotatable bonds is 3. The lowest BCUT2D eigenvalue weighted by atomic mass is 9.82. The van der Waals surface area contributed by atoms with Gasteiger partial charge in [0.15, 0.2) is 0 Å². The topological polar surface area (TPSA) is 61.8 Å². The first-order chi connectivity index (χ1) is 7.84. The minimum atomic E-state index is 0.258. The van der Waals surface area contributed by atoms with Crippen LogP contribution in [0.1, 0.15) is 33.3 Å². The van der Waals surface area contributed by atoms with Gasteiger partial charge < -0.3 is 11.1 Å². The van der Waals surface area contributed by atoms with Crippen molar-refractivity contribution < 1.29 is 0 Å². The SMILES string of the molecule is CC(CNc1ccc(N)cc1C#N)C(C)(C)C. The van der Waals surface area contributed by atoms with Crippen LogP contribution in [0.4, 0.5) is 11.4 Å². The average Bonchev–Trinajstić information content (AvgIpc) is 2.25. The Hall–Kier alpha value is -1.69. The standard InChI is InChI=1S/C14H21N3/c1-10(14(2,3)4)9-17-13-6-5-12(16)7-11(13)8-15/h5-7,10,17H,9,16H2,1-4H3. The molecule has 3 nitrogen and oxygen atoms in total. The molecular formula is C14H21N3. The summed E-state index contributed by atoms with van der Waals surface area (Å²) in [6, 6.07) is 7.53. The number of nitrogen functional groups attached to an aromatic ring is 1. The van der Waals surface area contributed by atoms with Crippen LogP contribution in [0.15, 0.2) is 18.2 Å². The molecule has 1 unspecified atom stereocenters. The summed E-state index contributed by atoms with van der Waals surface area (Å²) in [5.41, 5.74) is 7.99. The van der Waals surface area contributed by atoms with E-state index in [9.17, 15) is 0 Å². The lowest BCUT2D eigenvalue weighted by Gasteiger charge is -2.27. The average molecular weight is 231 g/mol. The molecule has 92 valence electrons. The Kier molecular flexibility index (Phi) is 4.01. The van der Waals surface area contributed by atoms with Crippen LogP contribution in [-0.4, -0.2) is 6.54 Å². The first kappa shape index (κ1) is 13.4. The second kappa shape index (κ2) is 5.09. The van der Waals surface area contributed by atoms with Crippen LogP contribution in [0.5, 0.6) is 0 Å². The van der Waals surface area contributed by atoms with Gasteiger partial charge in [-0.05, 0) is 29.5 Å². The minimum absolute atomic E-state index is 0.258. The Morgan fingerprint density at radius 1 is 1.41 bits per heavy atom. The lowest BCUT2D eigenvalue weighted by Crippen LogP contribution is -2.25. The summed E-state index contributed by atoms with van der Waals surface area (Å²) in [6.07, 6.45) is 0. The summed E-state index contributed by atoms with van der Waals surface area (Å²) in [5.74, 6) is 0.520. The molecule has 0 spiro atoms. The number of nitriles is 1. The molecule has 0 aliphatic rings. The number of nitrogens with one attached hydrogen (secondary N) is 1. The Balaban J connectivity index is 2.74. The van der Waals surface area contributed by atoms with Crippen LogP contribution in [-0.2, 0) is 0 Å². The molecule has 17 heavy (non-hydrogen) atoms. The molecule has 0 saturated carbocycles. The minimum Gasteiger partial charge on any atom is -0.399 e. The van der Waals surface area contributed by atoms with Crippen molar-refractivity contribution in [3.63, 3.8) is 0 Å². The first-order valence-corrected chi connectivity index (χ1v) is 5.88. The smallest absolute Gasteiger partial charge is 0.101 e. The van der Waals surface area contributed by atoms with E-state index in [2.05, 4.69) is 39.1 Å². The molecule has 0 bridgehead atoms. The van der Waals surface area contributed by atoms with E-state index < -0.39 is 0 Å². The molecule has 0 radical (unpaired) electrons. The fourth-order valence-electron chi connectivity index (χ4n) is 1.38. The quantitative estimate of drug-likeness (QED) is 0.785. The molecule has 0 heterocycles. The fraction of sp³-hybridized carbons (Fsp3) is 0.500. The fourth-order valence-corrected chi connectivity index (χ4v) is 1.38. The van der Waals surface area contributed by atoms with Crippen LogP contribution in [0.3, 0.4) is 0 Å². The number of benzene rings is 1. The number of hydrogen-bond donors (Lipinski definition) is 2. The molecule has 0 fully saturated rings. The van der Waals surface area contributed by atoms with Crippen LogP contribution in [0.25, 0.3) is 0 Å². The third-order valence-electron chi connectivity index (χ3n) is 3.24. The molecule has 0 amide bonds. The van der Waals surface area contributed by atoms with E-state index in [1.54, 1.807) is 6.07 Å². The number of anilines is 2. The maximum Gasteiger partial charge on any atom is 0.101 e. The Morgan fingerprint density at radius 3 is 2.59 bits per heavy atom. The van der Waals surface area contributed by atoms with E-state index in [1.165, 1.54) is 0 Å². The van der Waals surface area contributed by atoms with Crippen molar-refractivity contribution in [1.29, 1.82) is 5.26 Å². The zero-order valence-corrected chi connectivity index (χ0v) is 11.0. The predicted octanol–water partition coefficient (Wildman–Crippen LogP) is 3.23. The monoisotopic (exact) mass is 231 g/mol. The number of hydrogen-bond acceptors (Lipinski definition) is 3. The molecule has 0 aliphatic heterocycles. The second-order valence-corrected chi connectivity index (χ2v) is 5.56. The molecule has 3 N–H and O–H groups in total. The normalized spacial score (nSPS) is 12.9. The zero-order valence-electron chi connectivity index (χ0n) is 11.0. The van der Waals surface area contributed by atoms with E-state index >= 15 is 0 Å². The van der Waals surface area contributed by atoms with Gasteiger partial charge in [0.05, 0.1) is 11.3 Å². The molecule has 0 aromatic heterocycles. The molecule has 0 aliphatic carbocycles. The summed E-state index contributed by atoms with van der Waals surface area (Å²) >= 11 is 0. The predicted molar refractivity (Wildman–Crippen MR) is 72.7 cm³/mol. The van der Waals surface area contributed by atoms with Crippen molar-refractivity contribution in [2.45, 2.75) is 27.7 Å². The second-order valence-electron chi connectivity index (χ2n) is 5.56. The van der Waals surface area contributed by atoms with Crippen molar-refractivity contribution in [3.8, 4) is 6.07 Å². The molecule has 0 saturated heterocycles. The molecular weight excluding hydrogens is 210 g/mol. The highest BCUT2D eigenvalue weighted by molar-refractivity contribution is 5.62. The first-order valence-electron chi connectivity index (χ1n) is 5.88. The molecule has 1 aromatic rings. The van der Waals surface area contributed by atoms with E-state index in [0.29, 0.717) is 17.2 Å². The van der Waals surface area contributed by atoms with Gasteiger partial charge >= 0.3 is 0 Å². The van der Waals surface area contributed by atoms with Gasteiger partial charge in [0.1, 0.15) is 6.07 Å². The third-order valence-corrected chi connectivity index (χ3v) is 3.24. The van der Waals surface area contributed by atoms with Crippen LogP contribution < -0.4 is 11.1 Å². The molecule has 1 rings (SSSR count). The highest BCUT2D eigenvalue weighted by Gasteiger charge is 2.19. The van der Waals surface area contributed by atoms with Gasteiger partial charge in [0.25, 0.3) is 0 Å². The van der Waals surface area contributed by atoms with E-state index in [0.717, 1.165) is 12.2 Å². The van der Waals surface area contributed by atoms with Crippen LogP contribution in [0, 0.1) is 22.7 Å². The highest BCUT2D eigenvalue weighted by Crippen LogP contribution is 2.26. The van der Waals surface area contributed by atoms with Crippen molar-refractivity contribution in [3.05, 3.63) is 23.8 Å². The van der Waals surface area contributed by atoms with E-state index in [4.69, 9.17) is 11.0 Å². The van der Waals surface area contributed by atoms with Gasteiger partial charge in [-0.2, -0.15) is 5.26 Å². The van der Waals surface area contributed by atoms with Gasteiger partial charge in [-0.25, -0.2) is 0 Å². The molecule has 1 atom stereocenters. The zero-order chi connectivity index (χ0) is 13.1. The summed E-state index contributed by atoms with van der Waals surface area (Å²) in [5, 5.41) is 12.3. The number of nitrogens with zero attached hydrogens (tertiary/aromatic N) is 1.